The van der Waals surface area contributed by atoms with Gasteiger partial charge < -0.3 is 11.1 Å². The summed E-state index contributed by atoms with van der Waals surface area (Å²) in [6, 6.07) is 11.4. The minimum atomic E-state index is -0.191. The topological polar surface area (TPSA) is 70.7 Å². The van der Waals surface area contributed by atoms with Crippen molar-refractivity contribution >= 4 is 23.5 Å². The van der Waals surface area contributed by atoms with E-state index < -0.39 is 0 Å². The molecule has 2 aromatic rings. The standard InChI is InChI=1S/C18H22N4OS/c1-3-9-20-22(2)12-14-10-17(24-13-14)18(23)21-16(11-19)15-7-5-4-6-8-15/h3-10,13,16H,1,11-12,19H2,2H3,(H,21,23). The van der Waals surface area contributed by atoms with Gasteiger partial charge in [0.1, 0.15) is 0 Å². The van der Waals surface area contributed by atoms with Crippen LogP contribution in [0.1, 0.15) is 26.8 Å². The summed E-state index contributed by atoms with van der Waals surface area (Å²) in [5.41, 5.74) is 7.85. The molecular weight excluding hydrogens is 320 g/mol. The summed E-state index contributed by atoms with van der Waals surface area (Å²) in [6.45, 7) is 4.58. The van der Waals surface area contributed by atoms with Gasteiger partial charge in [-0.2, -0.15) is 5.10 Å². The number of carbonyl (C=O) groups is 1. The molecule has 1 aromatic heterocycles. The monoisotopic (exact) mass is 342 g/mol. The van der Waals surface area contributed by atoms with E-state index in [1.54, 1.807) is 17.3 Å². The van der Waals surface area contributed by atoms with Gasteiger partial charge in [-0.25, -0.2) is 0 Å². The molecule has 0 aliphatic carbocycles. The minimum absolute atomic E-state index is 0.109. The maximum atomic E-state index is 12.4. The van der Waals surface area contributed by atoms with E-state index in [9.17, 15) is 4.79 Å². The van der Waals surface area contributed by atoms with Crippen molar-refractivity contribution in [3.8, 4) is 0 Å². The van der Waals surface area contributed by atoms with E-state index in [-0.39, 0.29) is 11.9 Å². The Bertz CT molecular complexity index is 696. The molecule has 1 atom stereocenters. The van der Waals surface area contributed by atoms with Gasteiger partial charge in [0, 0.05) is 19.8 Å². The van der Waals surface area contributed by atoms with Crippen molar-refractivity contribution in [1.82, 2.24) is 10.3 Å². The van der Waals surface area contributed by atoms with E-state index >= 15 is 0 Å². The number of rotatable bonds is 8. The summed E-state index contributed by atoms with van der Waals surface area (Å²) in [6.07, 6.45) is 3.26. The second kappa shape index (κ2) is 9.00. The second-order valence-electron chi connectivity index (χ2n) is 5.31. The van der Waals surface area contributed by atoms with E-state index in [4.69, 9.17) is 5.73 Å². The maximum absolute atomic E-state index is 12.4. The first-order valence-corrected chi connectivity index (χ1v) is 8.51. The number of nitrogens with one attached hydrogen (secondary N) is 1. The Labute approximate surface area is 146 Å². The van der Waals surface area contributed by atoms with Crippen LogP contribution in [0.25, 0.3) is 0 Å². The highest BCUT2D eigenvalue weighted by Gasteiger charge is 2.16. The number of hydrogen-bond acceptors (Lipinski definition) is 5. The van der Waals surface area contributed by atoms with Gasteiger partial charge in [0.05, 0.1) is 17.5 Å². The predicted molar refractivity (Wildman–Crippen MR) is 100 cm³/mol. The normalized spacial score (nSPS) is 12.1. The molecule has 0 aliphatic rings. The van der Waals surface area contributed by atoms with E-state index in [1.165, 1.54) is 11.3 Å². The Kier molecular flexibility index (Phi) is 6.72. The van der Waals surface area contributed by atoms with Crippen molar-refractivity contribution in [2.24, 2.45) is 10.8 Å². The third-order valence-corrected chi connectivity index (χ3v) is 4.38. The van der Waals surface area contributed by atoms with E-state index in [0.717, 1.165) is 11.1 Å². The lowest BCUT2D eigenvalue weighted by Crippen LogP contribution is -2.32. The number of nitrogens with zero attached hydrogens (tertiary/aromatic N) is 2. The van der Waals surface area contributed by atoms with Crippen molar-refractivity contribution < 1.29 is 4.79 Å². The zero-order valence-electron chi connectivity index (χ0n) is 13.7. The van der Waals surface area contributed by atoms with Crippen LogP contribution in [0.15, 0.2) is 59.5 Å². The molecule has 0 bridgehead atoms. The predicted octanol–water partition coefficient (Wildman–Crippen LogP) is 2.78. The number of allylic oxidation sites excluding steroid dienone is 1. The molecule has 6 heteroatoms. The molecule has 126 valence electrons. The molecule has 1 amide bonds. The molecule has 2 rings (SSSR count). The molecule has 0 saturated heterocycles. The van der Waals surface area contributed by atoms with Gasteiger partial charge in [0.25, 0.3) is 5.91 Å². The number of nitrogens with two attached hydrogens (primary N) is 1. The van der Waals surface area contributed by atoms with Crippen LogP contribution in [0.4, 0.5) is 0 Å². The van der Waals surface area contributed by atoms with Gasteiger partial charge in [-0.05, 0) is 28.6 Å². The van der Waals surface area contributed by atoms with Gasteiger partial charge in [-0.3, -0.25) is 9.80 Å². The Morgan fingerprint density at radius 2 is 2.21 bits per heavy atom. The Morgan fingerprint density at radius 3 is 2.88 bits per heavy atom. The zero-order valence-corrected chi connectivity index (χ0v) is 14.5. The van der Waals surface area contributed by atoms with Crippen LogP contribution in [0.3, 0.4) is 0 Å². The largest absolute Gasteiger partial charge is 0.343 e. The van der Waals surface area contributed by atoms with Crippen LogP contribution < -0.4 is 11.1 Å². The highest BCUT2D eigenvalue weighted by Crippen LogP contribution is 2.18. The molecule has 0 aliphatic heterocycles. The Hall–Kier alpha value is -2.44. The fourth-order valence-electron chi connectivity index (χ4n) is 2.24. The van der Waals surface area contributed by atoms with Crippen LogP contribution in [-0.4, -0.2) is 30.7 Å². The lowest BCUT2D eigenvalue weighted by atomic mass is 10.1. The maximum Gasteiger partial charge on any atom is 0.261 e. The van der Waals surface area contributed by atoms with Crippen molar-refractivity contribution in [1.29, 1.82) is 0 Å². The minimum Gasteiger partial charge on any atom is -0.343 e. The van der Waals surface area contributed by atoms with Crippen LogP contribution in [0, 0.1) is 0 Å². The van der Waals surface area contributed by atoms with Crippen LogP contribution in [0.5, 0.6) is 0 Å². The summed E-state index contributed by atoms with van der Waals surface area (Å²) >= 11 is 1.42. The third kappa shape index (κ3) is 5.04. The second-order valence-corrected chi connectivity index (χ2v) is 6.22. The summed E-state index contributed by atoms with van der Waals surface area (Å²) in [4.78, 5) is 13.1. The molecule has 0 fully saturated rings. The third-order valence-electron chi connectivity index (χ3n) is 3.40. The quantitative estimate of drug-likeness (QED) is 0.572. The van der Waals surface area contributed by atoms with Gasteiger partial charge in [-0.1, -0.05) is 36.9 Å². The number of carbonyl (C=O) groups excluding carboxylic acids is 1. The lowest BCUT2D eigenvalue weighted by Gasteiger charge is -2.16. The lowest BCUT2D eigenvalue weighted by molar-refractivity contribution is 0.0942. The molecule has 24 heavy (non-hydrogen) atoms. The molecule has 0 spiro atoms. The number of benzene rings is 1. The first kappa shape index (κ1) is 17.9. The summed E-state index contributed by atoms with van der Waals surface area (Å²) in [7, 11) is 1.87. The van der Waals surface area contributed by atoms with E-state index in [2.05, 4.69) is 17.0 Å². The number of hydrogen-bond donors (Lipinski definition) is 2. The molecule has 5 nitrogen and oxygen atoms in total. The average molecular weight is 342 g/mol. The van der Waals surface area contributed by atoms with Crippen LogP contribution in [0.2, 0.25) is 0 Å². The van der Waals surface area contributed by atoms with Crippen LogP contribution in [-0.2, 0) is 6.54 Å². The summed E-state index contributed by atoms with van der Waals surface area (Å²) in [5, 5.41) is 10.9. The first-order chi connectivity index (χ1) is 11.6. The number of amides is 1. The van der Waals surface area contributed by atoms with Gasteiger partial charge in [0.2, 0.25) is 0 Å². The van der Waals surface area contributed by atoms with Crippen molar-refractivity contribution in [3.05, 3.63) is 70.4 Å². The van der Waals surface area contributed by atoms with Crippen LogP contribution >= 0.6 is 11.3 Å². The molecule has 1 unspecified atom stereocenters. The SMILES string of the molecule is C=CC=NN(C)Cc1csc(C(=O)NC(CN)c2ccccc2)c1. The number of thiophene rings is 1. The fraction of sp³-hybridized carbons (Fsp3) is 0.222. The number of hydrazone groups is 1. The molecule has 1 heterocycles. The van der Waals surface area contributed by atoms with E-state index in [1.807, 2.05) is 48.8 Å². The van der Waals surface area contributed by atoms with E-state index in [0.29, 0.717) is 18.0 Å². The van der Waals surface area contributed by atoms with Crippen molar-refractivity contribution in [2.75, 3.05) is 13.6 Å². The summed E-state index contributed by atoms with van der Waals surface area (Å²) < 4.78 is 0. The van der Waals surface area contributed by atoms with Gasteiger partial charge >= 0.3 is 0 Å². The van der Waals surface area contributed by atoms with Gasteiger partial charge in [0.15, 0.2) is 0 Å². The molecule has 1 aromatic carbocycles. The average Bonchev–Trinajstić information content (AvgIpc) is 3.07. The van der Waals surface area contributed by atoms with Crippen molar-refractivity contribution in [2.45, 2.75) is 12.6 Å². The first-order valence-electron chi connectivity index (χ1n) is 7.63. The highest BCUT2D eigenvalue weighted by atomic mass is 32.1. The Morgan fingerprint density at radius 1 is 1.46 bits per heavy atom. The fourth-order valence-corrected chi connectivity index (χ4v) is 3.04. The Balaban J connectivity index is 2.00. The molecule has 0 saturated carbocycles. The van der Waals surface area contributed by atoms with Crippen molar-refractivity contribution in [3.63, 3.8) is 0 Å². The highest BCUT2D eigenvalue weighted by molar-refractivity contribution is 7.12. The summed E-state index contributed by atoms with van der Waals surface area (Å²) in [5.74, 6) is -0.109. The smallest absolute Gasteiger partial charge is 0.261 e. The molecule has 3 N–H and O–H groups in total. The zero-order chi connectivity index (χ0) is 17.4. The molecular formula is C18H22N4OS. The molecule has 0 radical (unpaired) electrons. The van der Waals surface area contributed by atoms with Gasteiger partial charge in [-0.15, -0.1) is 11.3 Å².